The van der Waals surface area contributed by atoms with Gasteiger partial charge in [-0.1, -0.05) is 13.8 Å². The summed E-state index contributed by atoms with van der Waals surface area (Å²) in [6.45, 7) is 7.78. The number of nitrogens with zero attached hydrogens (tertiary/aromatic N) is 2. The van der Waals surface area contributed by atoms with Crippen LogP contribution in [0, 0.1) is 13.8 Å². The molecule has 4 nitrogen and oxygen atoms in total. The Morgan fingerprint density at radius 3 is 2.33 bits per heavy atom. The molecule has 0 aliphatic heterocycles. The average Bonchev–Trinajstić information content (AvgIpc) is 2.23. The third-order valence-corrected chi connectivity index (χ3v) is 2.78. The molecule has 84 valence electrons. The van der Waals surface area contributed by atoms with E-state index < -0.39 is 5.97 Å². The van der Waals surface area contributed by atoms with Gasteiger partial charge in [0.1, 0.15) is 0 Å². The molecule has 1 aromatic heterocycles. The van der Waals surface area contributed by atoms with E-state index in [4.69, 9.17) is 5.11 Å². The Bertz CT molecular complexity index is 392. The van der Waals surface area contributed by atoms with Gasteiger partial charge in [0.05, 0.1) is 12.1 Å². The van der Waals surface area contributed by atoms with Crippen molar-refractivity contribution in [3.05, 3.63) is 17.0 Å². The lowest BCUT2D eigenvalue weighted by molar-refractivity contribution is -0.138. The van der Waals surface area contributed by atoms with E-state index in [9.17, 15) is 4.79 Å². The zero-order valence-corrected chi connectivity index (χ0v) is 9.96. The van der Waals surface area contributed by atoms with Gasteiger partial charge in [-0.05, 0) is 13.8 Å². The van der Waals surface area contributed by atoms with Crippen molar-refractivity contribution < 1.29 is 9.90 Å². The van der Waals surface area contributed by atoms with Crippen LogP contribution in [0.1, 0.15) is 37.2 Å². The topological polar surface area (TPSA) is 55.1 Å². The Hall–Kier alpha value is -1.32. The van der Waals surface area contributed by atoms with Crippen molar-refractivity contribution in [1.29, 1.82) is 0 Å². The van der Waals surface area contributed by atoms with E-state index in [2.05, 4.69) is 5.10 Å². The minimum absolute atomic E-state index is 0.125. The van der Waals surface area contributed by atoms with Crippen molar-refractivity contribution in [2.45, 2.75) is 39.5 Å². The van der Waals surface area contributed by atoms with E-state index in [1.807, 2.05) is 34.7 Å². The van der Waals surface area contributed by atoms with Crippen molar-refractivity contribution in [1.82, 2.24) is 9.78 Å². The Kier molecular flexibility index (Phi) is 2.88. The highest BCUT2D eigenvalue weighted by atomic mass is 16.4. The molecule has 0 atom stereocenters. The number of hydrogen-bond acceptors (Lipinski definition) is 2. The highest BCUT2D eigenvalue weighted by molar-refractivity contribution is 5.69. The molecule has 0 unspecified atom stereocenters. The predicted octanol–water partition coefficient (Wildman–Crippen LogP) is 1.79. The molecule has 0 saturated heterocycles. The predicted molar refractivity (Wildman–Crippen MR) is 58.0 cm³/mol. The molecule has 1 rings (SSSR count). The first-order valence-electron chi connectivity index (χ1n) is 4.98. The van der Waals surface area contributed by atoms with Crippen LogP contribution in [0.15, 0.2) is 0 Å². The first-order chi connectivity index (χ1) is 6.75. The van der Waals surface area contributed by atoms with Crippen LogP contribution in [0.25, 0.3) is 0 Å². The van der Waals surface area contributed by atoms with Gasteiger partial charge in [-0.3, -0.25) is 9.48 Å². The van der Waals surface area contributed by atoms with Crippen LogP contribution in [0.3, 0.4) is 0 Å². The lowest BCUT2D eigenvalue weighted by Gasteiger charge is -2.23. The van der Waals surface area contributed by atoms with E-state index in [-0.39, 0.29) is 11.8 Å². The second-order valence-electron chi connectivity index (χ2n) is 4.62. The van der Waals surface area contributed by atoms with Crippen LogP contribution in [-0.4, -0.2) is 20.9 Å². The van der Waals surface area contributed by atoms with Gasteiger partial charge < -0.3 is 5.11 Å². The highest BCUT2D eigenvalue weighted by Crippen LogP contribution is 2.31. The van der Waals surface area contributed by atoms with E-state index in [1.165, 1.54) is 0 Å². The second kappa shape index (κ2) is 3.68. The average molecular weight is 210 g/mol. The Morgan fingerprint density at radius 2 is 2.00 bits per heavy atom. The number of aliphatic carboxylic acids is 1. The summed E-state index contributed by atoms with van der Waals surface area (Å²) in [7, 11) is 1.88. The summed E-state index contributed by atoms with van der Waals surface area (Å²) in [6, 6.07) is 0. The molecular weight excluding hydrogens is 192 g/mol. The summed E-state index contributed by atoms with van der Waals surface area (Å²) >= 11 is 0. The zero-order valence-electron chi connectivity index (χ0n) is 9.96. The standard InChI is InChI=1S/C11H18N2O2/c1-7-10(8(2)13(5)12-7)11(3,4)6-9(14)15/h6H2,1-5H3,(H,14,15). The van der Waals surface area contributed by atoms with Crippen LogP contribution >= 0.6 is 0 Å². The van der Waals surface area contributed by atoms with Gasteiger partial charge >= 0.3 is 5.97 Å². The minimum atomic E-state index is -0.775. The van der Waals surface area contributed by atoms with Crippen molar-refractivity contribution in [3.8, 4) is 0 Å². The Balaban J connectivity index is 3.19. The largest absolute Gasteiger partial charge is 0.481 e. The van der Waals surface area contributed by atoms with E-state index in [0.717, 1.165) is 17.0 Å². The first kappa shape index (κ1) is 11.8. The molecule has 1 aromatic rings. The van der Waals surface area contributed by atoms with E-state index in [1.54, 1.807) is 4.68 Å². The maximum Gasteiger partial charge on any atom is 0.304 e. The van der Waals surface area contributed by atoms with Crippen molar-refractivity contribution in [2.24, 2.45) is 7.05 Å². The van der Waals surface area contributed by atoms with Gasteiger partial charge in [-0.15, -0.1) is 0 Å². The summed E-state index contributed by atoms with van der Waals surface area (Å²) in [5.74, 6) is -0.775. The molecule has 0 radical (unpaired) electrons. The molecule has 15 heavy (non-hydrogen) atoms. The number of carboxylic acid groups (broad SMARTS) is 1. The first-order valence-corrected chi connectivity index (χ1v) is 4.98. The monoisotopic (exact) mass is 210 g/mol. The maximum absolute atomic E-state index is 10.8. The van der Waals surface area contributed by atoms with Gasteiger partial charge in [0, 0.05) is 23.7 Å². The molecule has 0 saturated carbocycles. The zero-order chi connectivity index (χ0) is 11.8. The fourth-order valence-electron chi connectivity index (χ4n) is 2.22. The van der Waals surface area contributed by atoms with Gasteiger partial charge in [0.2, 0.25) is 0 Å². The van der Waals surface area contributed by atoms with Crippen LogP contribution in [0.4, 0.5) is 0 Å². The van der Waals surface area contributed by atoms with Crippen LogP contribution in [0.5, 0.6) is 0 Å². The third kappa shape index (κ3) is 2.19. The SMILES string of the molecule is Cc1nn(C)c(C)c1C(C)(C)CC(=O)O. The normalized spacial score (nSPS) is 11.8. The van der Waals surface area contributed by atoms with Gasteiger partial charge in [0.25, 0.3) is 0 Å². The minimum Gasteiger partial charge on any atom is -0.481 e. The molecule has 0 aliphatic rings. The number of carboxylic acids is 1. The molecular formula is C11H18N2O2. The number of hydrogen-bond donors (Lipinski definition) is 1. The van der Waals surface area contributed by atoms with Gasteiger partial charge in [-0.25, -0.2) is 0 Å². The van der Waals surface area contributed by atoms with Crippen molar-refractivity contribution in [2.75, 3.05) is 0 Å². The van der Waals surface area contributed by atoms with Gasteiger partial charge in [-0.2, -0.15) is 5.10 Å². The van der Waals surface area contributed by atoms with Crippen molar-refractivity contribution >= 4 is 5.97 Å². The fourth-order valence-corrected chi connectivity index (χ4v) is 2.22. The number of carbonyl (C=O) groups is 1. The van der Waals surface area contributed by atoms with Crippen LogP contribution < -0.4 is 0 Å². The lowest BCUT2D eigenvalue weighted by Crippen LogP contribution is -2.23. The summed E-state index contributed by atoms with van der Waals surface area (Å²) in [5, 5.41) is 13.2. The van der Waals surface area contributed by atoms with E-state index >= 15 is 0 Å². The molecule has 0 aliphatic carbocycles. The summed E-state index contributed by atoms with van der Waals surface area (Å²) in [6.07, 6.45) is 0.125. The summed E-state index contributed by atoms with van der Waals surface area (Å²) in [5.41, 5.74) is 2.64. The molecule has 0 spiro atoms. The number of rotatable bonds is 3. The molecule has 0 bridgehead atoms. The summed E-state index contributed by atoms with van der Waals surface area (Å²) in [4.78, 5) is 10.8. The Labute approximate surface area is 89.9 Å². The third-order valence-electron chi connectivity index (χ3n) is 2.78. The van der Waals surface area contributed by atoms with Crippen LogP contribution in [-0.2, 0) is 17.3 Å². The molecule has 4 heteroatoms. The Morgan fingerprint density at radius 1 is 1.47 bits per heavy atom. The fraction of sp³-hybridized carbons (Fsp3) is 0.636. The van der Waals surface area contributed by atoms with Crippen molar-refractivity contribution in [3.63, 3.8) is 0 Å². The highest BCUT2D eigenvalue weighted by Gasteiger charge is 2.29. The second-order valence-corrected chi connectivity index (χ2v) is 4.62. The van der Waals surface area contributed by atoms with E-state index in [0.29, 0.717) is 0 Å². The molecule has 0 fully saturated rings. The van der Waals surface area contributed by atoms with Gasteiger partial charge in [0.15, 0.2) is 0 Å². The molecule has 0 aromatic carbocycles. The number of aryl methyl sites for hydroxylation is 2. The van der Waals surface area contributed by atoms with Crippen LogP contribution in [0.2, 0.25) is 0 Å². The smallest absolute Gasteiger partial charge is 0.304 e. The molecule has 1 N–H and O–H groups in total. The molecule has 1 heterocycles. The maximum atomic E-state index is 10.8. The quantitative estimate of drug-likeness (QED) is 0.827. The molecule has 0 amide bonds. The lowest BCUT2D eigenvalue weighted by atomic mass is 9.80. The number of aromatic nitrogens is 2. The summed E-state index contributed by atoms with van der Waals surface area (Å²) < 4.78 is 1.80.